The Morgan fingerprint density at radius 3 is 2.20 bits per heavy atom. The Kier molecular flexibility index (Phi) is 2.82. The van der Waals surface area contributed by atoms with E-state index in [1.807, 2.05) is 6.07 Å². The van der Waals surface area contributed by atoms with Gasteiger partial charge in [0.15, 0.2) is 0 Å². The van der Waals surface area contributed by atoms with Crippen molar-refractivity contribution in [3.05, 3.63) is 34.4 Å². The Balaban J connectivity index is 3.62. The molecule has 0 spiro atoms. The van der Waals surface area contributed by atoms with Crippen molar-refractivity contribution in [2.45, 2.75) is 6.92 Å². The lowest BCUT2D eigenvalue weighted by molar-refractivity contribution is 0.105. The maximum Gasteiger partial charge on any atom is 0.263 e. The highest BCUT2D eigenvalue weighted by Gasteiger charge is 2.15. The lowest BCUT2D eigenvalue weighted by Gasteiger charge is -2.02. The number of nitriles is 3. The summed E-state index contributed by atoms with van der Waals surface area (Å²) < 4.78 is 0. The molecule has 4 heteroatoms. The van der Waals surface area contributed by atoms with Crippen LogP contribution >= 0.6 is 0 Å². The number of hydrogen-bond donors (Lipinski definition) is 0. The zero-order valence-electron chi connectivity index (χ0n) is 7.90. The fraction of sp³-hybridized carbons (Fsp3) is 0.0909. The first-order valence-electron chi connectivity index (χ1n) is 4.04. The third kappa shape index (κ3) is 1.68. The van der Waals surface area contributed by atoms with Gasteiger partial charge in [0.1, 0.15) is 18.2 Å². The maximum absolute atomic E-state index is 11.2. The lowest BCUT2D eigenvalue weighted by Crippen LogP contribution is -2.02. The number of hydrogen-bond acceptors (Lipinski definition) is 4. The van der Waals surface area contributed by atoms with Crippen LogP contribution in [0.3, 0.4) is 0 Å². The van der Waals surface area contributed by atoms with Crippen LogP contribution in [0.25, 0.3) is 0 Å². The average molecular weight is 195 g/mol. The number of nitrogens with zero attached hydrogens (tertiary/aromatic N) is 3. The Labute approximate surface area is 86.6 Å². The van der Waals surface area contributed by atoms with Gasteiger partial charge in [-0.25, -0.2) is 0 Å². The van der Waals surface area contributed by atoms with E-state index in [9.17, 15) is 4.79 Å². The molecule has 1 rings (SSSR count). The molecule has 4 nitrogen and oxygen atoms in total. The molecule has 0 unspecified atom stereocenters. The van der Waals surface area contributed by atoms with Gasteiger partial charge >= 0.3 is 0 Å². The number of carbonyl (C=O) groups excluding carboxylic acids is 1. The number of ketones is 1. The van der Waals surface area contributed by atoms with Crippen molar-refractivity contribution in [2.24, 2.45) is 0 Å². The number of rotatable bonds is 1. The molecule has 1 aromatic carbocycles. The molecule has 0 heterocycles. The van der Waals surface area contributed by atoms with Crippen LogP contribution in [-0.4, -0.2) is 5.78 Å². The van der Waals surface area contributed by atoms with Crippen molar-refractivity contribution in [2.75, 3.05) is 0 Å². The second-order valence-electron chi connectivity index (χ2n) is 2.84. The van der Waals surface area contributed by atoms with Crippen LogP contribution in [-0.2, 0) is 0 Å². The van der Waals surface area contributed by atoms with Gasteiger partial charge in [0.05, 0.1) is 16.7 Å². The first-order valence-corrected chi connectivity index (χ1v) is 4.04. The van der Waals surface area contributed by atoms with E-state index in [0.29, 0.717) is 5.56 Å². The van der Waals surface area contributed by atoms with E-state index in [-0.39, 0.29) is 16.7 Å². The molecule has 70 valence electrons. The molecule has 0 N–H and O–H groups in total. The van der Waals surface area contributed by atoms with Crippen molar-refractivity contribution in [1.29, 1.82) is 15.8 Å². The van der Waals surface area contributed by atoms with Gasteiger partial charge in [-0.3, -0.25) is 4.79 Å². The Morgan fingerprint density at radius 2 is 1.73 bits per heavy atom. The van der Waals surface area contributed by atoms with Crippen molar-refractivity contribution in [3.63, 3.8) is 0 Å². The van der Waals surface area contributed by atoms with Crippen molar-refractivity contribution < 1.29 is 4.79 Å². The first kappa shape index (κ1) is 10.4. The highest BCUT2D eigenvalue weighted by Crippen LogP contribution is 2.17. The quantitative estimate of drug-likeness (QED) is 0.501. The summed E-state index contributed by atoms with van der Waals surface area (Å²) in [7, 11) is 0. The van der Waals surface area contributed by atoms with Gasteiger partial charge in [0.25, 0.3) is 5.78 Å². The predicted octanol–water partition coefficient (Wildman–Crippen LogP) is 1.44. The van der Waals surface area contributed by atoms with Gasteiger partial charge in [-0.2, -0.15) is 15.8 Å². The van der Waals surface area contributed by atoms with Crippen molar-refractivity contribution in [1.82, 2.24) is 0 Å². The normalized spacial score (nSPS) is 8.40. The van der Waals surface area contributed by atoms with Gasteiger partial charge in [-0.05, 0) is 18.6 Å². The Bertz CT molecular complexity index is 553. The second-order valence-corrected chi connectivity index (χ2v) is 2.84. The van der Waals surface area contributed by atoms with Gasteiger partial charge in [0.2, 0.25) is 0 Å². The van der Waals surface area contributed by atoms with Crippen LogP contribution in [0.15, 0.2) is 12.1 Å². The molecule has 0 aromatic heterocycles. The van der Waals surface area contributed by atoms with E-state index in [2.05, 4.69) is 0 Å². The summed E-state index contributed by atoms with van der Waals surface area (Å²) in [6.45, 7) is 1.67. The maximum atomic E-state index is 11.2. The number of benzene rings is 1. The molecule has 0 fully saturated rings. The molecule has 0 aliphatic heterocycles. The van der Waals surface area contributed by atoms with E-state index in [0.717, 1.165) is 0 Å². The summed E-state index contributed by atoms with van der Waals surface area (Å²) >= 11 is 0. The summed E-state index contributed by atoms with van der Waals surface area (Å²) in [5.41, 5.74) is 0.730. The fourth-order valence-corrected chi connectivity index (χ4v) is 1.22. The van der Waals surface area contributed by atoms with Gasteiger partial charge in [-0.1, -0.05) is 6.07 Å². The van der Waals surface area contributed by atoms with E-state index in [1.54, 1.807) is 19.1 Å². The van der Waals surface area contributed by atoms with E-state index >= 15 is 0 Å². The van der Waals surface area contributed by atoms with Crippen LogP contribution in [0.5, 0.6) is 0 Å². The van der Waals surface area contributed by atoms with Gasteiger partial charge in [-0.15, -0.1) is 0 Å². The number of aryl methyl sites for hydroxylation is 1. The van der Waals surface area contributed by atoms with Crippen LogP contribution in [0.2, 0.25) is 0 Å². The molecule has 15 heavy (non-hydrogen) atoms. The third-order valence-corrected chi connectivity index (χ3v) is 1.98. The van der Waals surface area contributed by atoms with Crippen LogP contribution in [0.1, 0.15) is 27.0 Å². The first-order chi connectivity index (χ1) is 7.15. The zero-order chi connectivity index (χ0) is 11.4. The molecule has 0 saturated carbocycles. The monoisotopic (exact) mass is 195 g/mol. The molecule has 0 aliphatic carbocycles. The van der Waals surface area contributed by atoms with Crippen LogP contribution < -0.4 is 0 Å². The SMILES string of the molecule is Cc1ccc(C(=O)C#N)c(C#N)c1C#N. The summed E-state index contributed by atoms with van der Waals surface area (Å²) in [5, 5.41) is 26.1. The molecule has 0 bridgehead atoms. The molecule has 0 aliphatic rings. The Hall–Kier alpha value is -2.64. The third-order valence-electron chi connectivity index (χ3n) is 1.98. The largest absolute Gasteiger partial charge is 0.277 e. The topological polar surface area (TPSA) is 88.4 Å². The molecule has 0 radical (unpaired) electrons. The van der Waals surface area contributed by atoms with Crippen molar-refractivity contribution >= 4 is 5.78 Å². The Morgan fingerprint density at radius 1 is 1.13 bits per heavy atom. The van der Waals surface area contributed by atoms with Gasteiger partial charge in [0, 0.05) is 0 Å². The fourth-order valence-electron chi connectivity index (χ4n) is 1.22. The van der Waals surface area contributed by atoms with E-state index in [1.165, 1.54) is 12.1 Å². The minimum Gasteiger partial charge on any atom is -0.277 e. The average Bonchev–Trinajstić information content (AvgIpc) is 2.27. The lowest BCUT2D eigenvalue weighted by atomic mass is 9.96. The highest BCUT2D eigenvalue weighted by molar-refractivity contribution is 6.09. The van der Waals surface area contributed by atoms with Crippen LogP contribution in [0, 0.1) is 40.9 Å². The standard InChI is InChI=1S/C11H5N3O/c1-7-2-3-8(11(15)6-14)10(5-13)9(7)4-12/h2-3H,1H3. The molecule has 0 saturated heterocycles. The number of Topliss-reactive ketones (excluding diaryl/α,β-unsaturated/α-hetero) is 1. The molecular formula is C11H5N3O. The molecule has 0 amide bonds. The summed E-state index contributed by atoms with van der Waals surface area (Å²) in [5.74, 6) is -0.803. The van der Waals surface area contributed by atoms with Gasteiger partial charge < -0.3 is 0 Å². The zero-order valence-corrected chi connectivity index (χ0v) is 7.90. The number of carbonyl (C=O) groups is 1. The van der Waals surface area contributed by atoms with Crippen LogP contribution in [0.4, 0.5) is 0 Å². The summed E-state index contributed by atoms with van der Waals surface area (Å²) in [6, 6.07) is 7.99. The minimum absolute atomic E-state index is 0.0119. The second kappa shape index (κ2) is 4.05. The van der Waals surface area contributed by atoms with E-state index in [4.69, 9.17) is 15.8 Å². The molecule has 1 aromatic rings. The summed E-state index contributed by atoms with van der Waals surface area (Å²) in [6.07, 6.45) is 0. The molecule has 0 atom stereocenters. The molecular weight excluding hydrogens is 190 g/mol. The van der Waals surface area contributed by atoms with E-state index < -0.39 is 5.78 Å². The smallest absolute Gasteiger partial charge is 0.263 e. The van der Waals surface area contributed by atoms with Crippen molar-refractivity contribution in [3.8, 4) is 18.2 Å². The predicted molar refractivity (Wildman–Crippen MR) is 50.6 cm³/mol. The minimum atomic E-state index is -0.803. The summed E-state index contributed by atoms with van der Waals surface area (Å²) in [4.78, 5) is 11.2. The highest BCUT2D eigenvalue weighted by atomic mass is 16.1.